The highest BCUT2D eigenvalue weighted by molar-refractivity contribution is 7.08. The molecule has 0 aliphatic heterocycles. The normalized spacial score (nSPS) is 12.7. The number of rotatable bonds is 5. The van der Waals surface area contributed by atoms with Gasteiger partial charge in [-0.05, 0) is 60.3 Å². The lowest BCUT2D eigenvalue weighted by molar-refractivity contribution is 0.529. The molecule has 108 valence electrons. The first kappa shape index (κ1) is 15.1. The van der Waals surface area contributed by atoms with Crippen molar-refractivity contribution in [1.29, 1.82) is 0 Å². The molecule has 0 bridgehead atoms. The molecular formula is C16H19F2NS. The van der Waals surface area contributed by atoms with Gasteiger partial charge in [0.2, 0.25) is 0 Å². The molecule has 1 heterocycles. The van der Waals surface area contributed by atoms with Gasteiger partial charge in [-0.25, -0.2) is 8.78 Å². The Morgan fingerprint density at radius 2 is 1.80 bits per heavy atom. The molecule has 0 saturated carbocycles. The van der Waals surface area contributed by atoms with Gasteiger partial charge in [0.15, 0.2) is 0 Å². The summed E-state index contributed by atoms with van der Waals surface area (Å²) in [5.74, 6) is -0.991. The third kappa shape index (κ3) is 3.07. The van der Waals surface area contributed by atoms with Gasteiger partial charge in [-0.15, -0.1) is 0 Å². The Labute approximate surface area is 122 Å². The maximum atomic E-state index is 14.2. The second-order valence-electron chi connectivity index (χ2n) is 5.02. The van der Waals surface area contributed by atoms with E-state index in [-0.39, 0.29) is 6.04 Å². The van der Waals surface area contributed by atoms with Crippen LogP contribution in [0.2, 0.25) is 0 Å². The number of benzene rings is 1. The van der Waals surface area contributed by atoms with Crippen molar-refractivity contribution >= 4 is 11.3 Å². The first-order valence-electron chi connectivity index (χ1n) is 6.76. The summed E-state index contributed by atoms with van der Waals surface area (Å²) >= 11 is 1.60. The first-order chi connectivity index (χ1) is 9.54. The predicted octanol–water partition coefficient (Wildman–Crippen LogP) is 4.73. The lowest BCUT2D eigenvalue weighted by Crippen LogP contribution is -2.24. The van der Waals surface area contributed by atoms with E-state index >= 15 is 0 Å². The third-order valence-electron chi connectivity index (χ3n) is 3.39. The number of thiophene rings is 1. The highest BCUT2D eigenvalue weighted by atomic mass is 32.1. The molecule has 0 aliphatic rings. The summed E-state index contributed by atoms with van der Waals surface area (Å²) in [4.78, 5) is 0. The van der Waals surface area contributed by atoms with Gasteiger partial charge in [0.05, 0.1) is 6.04 Å². The predicted molar refractivity (Wildman–Crippen MR) is 80.3 cm³/mol. The van der Waals surface area contributed by atoms with Crippen LogP contribution in [0.5, 0.6) is 0 Å². The van der Waals surface area contributed by atoms with Crippen molar-refractivity contribution in [3.8, 4) is 0 Å². The van der Waals surface area contributed by atoms with Crippen LogP contribution in [0.15, 0.2) is 22.9 Å². The molecule has 1 atom stereocenters. The molecule has 0 amide bonds. The molecule has 4 heteroatoms. The minimum atomic E-state index is -0.498. The summed E-state index contributed by atoms with van der Waals surface area (Å²) in [7, 11) is 0. The molecule has 1 aromatic heterocycles. The van der Waals surface area contributed by atoms with Crippen molar-refractivity contribution < 1.29 is 8.78 Å². The summed E-state index contributed by atoms with van der Waals surface area (Å²) in [6.45, 7) is 6.53. The van der Waals surface area contributed by atoms with Crippen LogP contribution in [-0.4, -0.2) is 6.54 Å². The van der Waals surface area contributed by atoms with Crippen molar-refractivity contribution in [1.82, 2.24) is 5.32 Å². The van der Waals surface area contributed by atoms with Crippen LogP contribution >= 0.6 is 11.3 Å². The molecule has 0 aliphatic carbocycles. The standard InChI is InChI=1S/C16H19F2NS/c1-4-5-19-16(13-9-20-8-11(13)3)12-6-10(2)14(17)7-15(12)18/h6-9,16,19H,4-5H2,1-3H3. The molecule has 1 aromatic carbocycles. The lowest BCUT2D eigenvalue weighted by Gasteiger charge is -2.20. The van der Waals surface area contributed by atoms with E-state index in [0.717, 1.165) is 30.2 Å². The van der Waals surface area contributed by atoms with Gasteiger partial charge in [-0.2, -0.15) is 11.3 Å². The van der Waals surface area contributed by atoms with Crippen molar-refractivity contribution in [3.63, 3.8) is 0 Å². The fourth-order valence-corrected chi connectivity index (χ4v) is 3.12. The van der Waals surface area contributed by atoms with E-state index in [9.17, 15) is 8.78 Å². The zero-order chi connectivity index (χ0) is 14.7. The van der Waals surface area contributed by atoms with Gasteiger partial charge in [0.25, 0.3) is 0 Å². The Hall–Kier alpha value is -1.26. The molecule has 2 aromatic rings. The highest BCUT2D eigenvalue weighted by Crippen LogP contribution is 2.30. The summed E-state index contributed by atoms with van der Waals surface area (Å²) in [5, 5.41) is 7.44. The molecule has 0 fully saturated rings. The molecule has 1 unspecified atom stereocenters. The van der Waals surface area contributed by atoms with E-state index in [1.54, 1.807) is 24.3 Å². The van der Waals surface area contributed by atoms with Gasteiger partial charge in [-0.1, -0.05) is 6.92 Å². The van der Waals surface area contributed by atoms with Crippen LogP contribution < -0.4 is 5.32 Å². The first-order valence-corrected chi connectivity index (χ1v) is 7.70. The van der Waals surface area contributed by atoms with E-state index in [4.69, 9.17) is 0 Å². The largest absolute Gasteiger partial charge is 0.306 e. The summed E-state index contributed by atoms with van der Waals surface area (Å²) in [6.07, 6.45) is 0.960. The highest BCUT2D eigenvalue weighted by Gasteiger charge is 2.21. The summed E-state index contributed by atoms with van der Waals surface area (Å²) in [5.41, 5.74) is 3.18. The van der Waals surface area contributed by atoms with Crippen LogP contribution in [0, 0.1) is 25.5 Å². The monoisotopic (exact) mass is 295 g/mol. The second kappa shape index (κ2) is 6.46. The summed E-state index contributed by atoms with van der Waals surface area (Å²) < 4.78 is 27.6. The van der Waals surface area contributed by atoms with Crippen molar-refractivity contribution in [2.24, 2.45) is 0 Å². The number of hydrogen-bond acceptors (Lipinski definition) is 2. The Bertz CT molecular complexity index is 592. The van der Waals surface area contributed by atoms with Crippen molar-refractivity contribution in [2.45, 2.75) is 33.2 Å². The number of hydrogen-bond donors (Lipinski definition) is 1. The topological polar surface area (TPSA) is 12.0 Å². The second-order valence-corrected chi connectivity index (χ2v) is 5.76. The van der Waals surface area contributed by atoms with E-state index < -0.39 is 11.6 Å². The third-order valence-corrected chi connectivity index (χ3v) is 4.27. The van der Waals surface area contributed by atoms with Crippen LogP contribution in [0.4, 0.5) is 8.78 Å². The van der Waals surface area contributed by atoms with Crippen LogP contribution in [0.3, 0.4) is 0 Å². The zero-order valence-electron chi connectivity index (χ0n) is 12.0. The van der Waals surface area contributed by atoms with Gasteiger partial charge in [0, 0.05) is 11.6 Å². The maximum absolute atomic E-state index is 14.2. The van der Waals surface area contributed by atoms with E-state index in [2.05, 4.69) is 12.2 Å². The molecule has 2 rings (SSSR count). The van der Waals surface area contributed by atoms with Crippen LogP contribution in [0.25, 0.3) is 0 Å². The average Bonchev–Trinajstić information content (AvgIpc) is 2.82. The average molecular weight is 295 g/mol. The maximum Gasteiger partial charge on any atom is 0.131 e. The SMILES string of the molecule is CCCNC(c1cscc1C)c1cc(C)c(F)cc1F. The smallest absolute Gasteiger partial charge is 0.131 e. The molecule has 0 radical (unpaired) electrons. The number of aryl methyl sites for hydroxylation is 2. The number of nitrogens with one attached hydrogen (secondary N) is 1. The number of halogens is 2. The van der Waals surface area contributed by atoms with Crippen molar-refractivity contribution in [2.75, 3.05) is 6.54 Å². The molecular weight excluding hydrogens is 276 g/mol. The van der Waals surface area contributed by atoms with Gasteiger partial charge < -0.3 is 5.32 Å². The van der Waals surface area contributed by atoms with Crippen molar-refractivity contribution in [3.05, 3.63) is 56.8 Å². The fraction of sp³-hybridized carbons (Fsp3) is 0.375. The Balaban J connectivity index is 2.46. The Kier molecular flexibility index (Phi) is 4.89. The molecule has 20 heavy (non-hydrogen) atoms. The summed E-state index contributed by atoms with van der Waals surface area (Å²) in [6, 6.07) is 2.36. The minimum absolute atomic E-state index is 0.222. The molecule has 0 spiro atoms. The van der Waals surface area contributed by atoms with E-state index in [1.807, 2.05) is 17.7 Å². The Morgan fingerprint density at radius 3 is 2.40 bits per heavy atom. The van der Waals surface area contributed by atoms with Crippen LogP contribution in [0.1, 0.15) is 41.6 Å². The van der Waals surface area contributed by atoms with Gasteiger partial charge in [0.1, 0.15) is 11.6 Å². The quantitative estimate of drug-likeness (QED) is 0.840. The van der Waals surface area contributed by atoms with E-state index in [1.165, 1.54) is 0 Å². The van der Waals surface area contributed by atoms with Gasteiger partial charge >= 0.3 is 0 Å². The Morgan fingerprint density at radius 1 is 1.05 bits per heavy atom. The van der Waals surface area contributed by atoms with Crippen LogP contribution in [-0.2, 0) is 0 Å². The fourth-order valence-electron chi connectivity index (χ4n) is 2.24. The molecule has 1 N–H and O–H groups in total. The lowest BCUT2D eigenvalue weighted by atomic mass is 9.96. The molecule has 1 nitrogen and oxygen atoms in total. The minimum Gasteiger partial charge on any atom is -0.306 e. The van der Waals surface area contributed by atoms with Gasteiger partial charge in [-0.3, -0.25) is 0 Å². The van der Waals surface area contributed by atoms with E-state index in [0.29, 0.717) is 11.1 Å². The molecule has 0 saturated heterocycles. The zero-order valence-corrected chi connectivity index (χ0v) is 12.8.